The standard InChI is InChI=1S/C32H35N7O2S/c1-33-27-8-13-32-26(19-27)21-39(42(40,41)31-11-9-29(10-12-31)37-16-14-36(2)15-17-37)30(18-25-6-4-3-5-7-25)23-38(32)22-28-20-34-24-35-28/h3-13,19-20,24,30H,14-18,21-23H2,2H3,(H,34,35)/t30-/m1/s1. The van der Waals surface area contributed by atoms with Gasteiger partial charge in [-0.2, -0.15) is 4.31 Å². The van der Waals surface area contributed by atoms with Crippen molar-refractivity contribution < 1.29 is 8.42 Å². The van der Waals surface area contributed by atoms with Crippen LogP contribution in [0.25, 0.3) is 4.85 Å². The molecule has 1 aromatic heterocycles. The maximum Gasteiger partial charge on any atom is 0.243 e. The Balaban J connectivity index is 1.38. The van der Waals surface area contributed by atoms with E-state index in [1.165, 1.54) is 0 Å². The third-order valence-corrected chi connectivity index (χ3v) is 10.2. The van der Waals surface area contributed by atoms with Gasteiger partial charge in [-0.1, -0.05) is 36.4 Å². The molecule has 6 rings (SSSR count). The number of aromatic nitrogens is 2. The van der Waals surface area contributed by atoms with Crippen molar-refractivity contribution in [1.82, 2.24) is 19.2 Å². The number of imidazole rings is 1. The van der Waals surface area contributed by atoms with Crippen LogP contribution in [0.5, 0.6) is 0 Å². The highest BCUT2D eigenvalue weighted by molar-refractivity contribution is 7.89. The maximum absolute atomic E-state index is 14.5. The van der Waals surface area contributed by atoms with Gasteiger partial charge < -0.3 is 19.7 Å². The summed E-state index contributed by atoms with van der Waals surface area (Å²) in [5.41, 5.74) is 5.28. The van der Waals surface area contributed by atoms with E-state index in [2.05, 4.69) is 36.6 Å². The third-order valence-electron chi connectivity index (χ3n) is 8.24. The van der Waals surface area contributed by atoms with Gasteiger partial charge in [0.15, 0.2) is 5.69 Å². The zero-order chi connectivity index (χ0) is 29.1. The van der Waals surface area contributed by atoms with Gasteiger partial charge in [-0.15, -0.1) is 0 Å². The number of likely N-dealkylation sites (N-methyl/N-ethyl adjacent to an activating group) is 1. The monoisotopic (exact) mass is 581 g/mol. The largest absolute Gasteiger partial charge is 0.369 e. The Labute approximate surface area is 247 Å². The fourth-order valence-corrected chi connectivity index (χ4v) is 7.50. The fraction of sp³-hybridized carbons (Fsp3) is 0.312. The summed E-state index contributed by atoms with van der Waals surface area (Å²) in [4.78, 5) is 18.1. The average molecular weight is 582 g/mol. The van der Waals surface area contributed by atoms with Gasteiger partial charge in [0.2, 0.25) is 10.0 Å². The molecule has 1 N–H and O–H groups in total. The van der Waals surface area contributed by atoms with Crippen LogP contribution in [0.3, 0.4) is 0 Å². The first-order valence-corrected chi connectivity index (χ1v) is 15.7. The van der Waals surface area contributed by atoms with Crippen molar-refractivity contribution in [2.24, 2.45) is 0 Å². The summed E-state index contributed by atoms with van der Waals surface area (Å²) in [5, 5.41) is 0. The van der Waals surface area contributed by atoms with E-state index in [4.69, 9.17) is 6.57 Å². The molecule has 1 atom stereocenters. The molecule has 2 aliphatic heterocycles. The van der Waals surface area contributed by atoms with E-state index in [1.807, 2.05) is 54.6 Å². The summed E-state index contributed by atoms with van der Waals surface area (Å²) in [6.45, 7) is 12.6. The van der Waals surface area contributed by atoms with Crippen LogP contribution in [-0.4, -0.2) is 73.4 Å². The summed E-state index contributed by atoms with van der Waals surface area (Å²) in [6.07, 6.45) is 4.00. The molecule has 10 heteroatoms. The summed E-state index contributed by atoms with van der Waals surface area (Å²) in [5.74, 6) is 0. The Kier molecular flexibility index (Phi) is 7.98. The lowest BCUT2D eigenvalue weighted by Gasteiger charge is -2.34. The average Bonchev–Trinajstić information content (AvgIpc) is 3.48. The van der Waals surface area contributed by atoms with Crippen molar-refractivity contribution in [3.63, 3.8) is 0 Å². The summed E-state index contributed by atoms with van der Waals surface area (Å²) in [6, 6.07) is 22.6. The number of rotatable bonds is 7. The van der Waals surface area contributed by atoms with Crippen molar-refractivity contribution in [3.05, 3.63) is 114 Å². The van der Waals surface area contributed by atoms with E-state index in [0.29, 0.717) is 25.2 Å². The molecule has 0 bridgehead atoms. The summed E-state index contributed by atoms with van der Waals surface area (Å²) in [7, 11) is -1.76. The van der Waals surface area contributed by atoms with Gasteiger partial charge in [-0.3, -0.25) is 0 Å². The highest BCUT2D eigenvalue weighted by atomic mass is 32.2. The minimum absolute atomic E-state index is 0.179. The number of H-pyrrole nitrogens is 1. The van der Waals surface area contributed by atoms with Crippen LogP contribution in [0, 0.1) is 6.57 Å². The number of fused-ring (bicyclic) bond motifs is 1. The lowest BCUT2D eigenvalue weighted by Crippen LogP contribution is -2.45. The molecule has 1 saturated heterocycles. The summed E-state index contributed by atoms with van der Waals surface area (Å²) < 4.78 is 30.6. The molecule has 0 saturated carbocycles. The molecule has 42 heavy (non-hydrogen) atoms. The normalized spacial score (nSPS) is 18.3. The molecule has 0 unspecified atom stereocenters. The molecule has 0 aliphatic carbocycles. The number of sulfonamides is 1. The number of anilines is 2. The van der Waals surface area contributed by atoms with Crippen molar-refractivity contribution in [2.75, 3.05) is 49.6 Å². The molecule has 1 fully saturated rings. The third kappa shape index (κ3) is 5.90. The fourth-order valence-electron chi connectivity index (χ4n) is 5.91. The topological polar surface area (TPSA) is 80.1 Å². The van der Waals surface area contributed by atoms with Crippen LogP contribution in [0.4, 0.5) is 17.1 Å². The molecular weight excluding hydrogens is 546 g/mol. The lowest BCUT2D eigenvalue weighted by atomic mass is 10.1. The lowest BCUT2D eigenvalue weighted by molar-refractivity contribution is 0.313. The first-order valence-electron chi connectivity index (χ1n) is 14.2. The molecule has 0 radical (unpaired) electrons. The number of nitrogens with one attached hydrogen (secondary N) is 1. The number of benzene rings is 3. The zero-order valence-electron chi connectivity index (χ0n) is 23.7. The molecule has 3 aromatic carbocycles. The Morgan fingerprint density at radius 1 is 1.00 bits per heavy atom. The molecule has 4 aromatic rings. The van der Waals surface area contributed by atoms with E-state index in [0.717, 1.165) is 54.4 Å². The van der Waals surface area contributed by atoms with Gasteiger partial charge in [0.1, 0.15) is 0 Å². The Hall–Kier alpha value is -4.17. The zero-order valence-corrected chi connectivity index (χ0v) is 24.5. The number of aromatic amines is 1. The van der Waals surface area contributed by atoms with Crippen LogP contribution in [0.1, 0.15) is 16.8 Å². The minimum atomic E-state index is -3.88. The summed E-state index contributed by atoms with van der Waals surface area (Å²) >= 11 is 0. The number of nitrogens with zero attached hydrogens (tertiary/aromatic N) is 6. The molecular formula is C32H35N7O2S. The maximum atomic E-state index is 14.5. The molecule has 9 nitrogen and oxygen atoms in total. The van der Waals surface area contributed by atoms with Gasteiger partial charge in [-0.05, 0) is 61.0 Å². The van der Waals surface area contributed by atoms with Gasteiger partial charge in [0, 0.05) is 62.9 Å². The predicted molar refractivity (Wildman–Crippen MR) is 165 cm³/mol. The highest BCUT2D eigenvalue weighted by Gasteiger charge is 2.36. The molecule has 0 spiro atoms. The van der Waals surface area contributed by atoms with E-state index in [9.17, 15) is 8.42 Å². The first-order chi connectivity index (χ1) is 20.4. The van der Waals surface area contributed by atoms with Crippen LogP contribution in [0.15, 0.2) is 90.2 Å². The molecule has 216 valence electrons. The van der Waals surface area contributed by atoms with Crippen LogP contribution < -0.4 is 9.80 Å². The van der Waals surface area contributed by atoms with E-state index >= 15 is 0 Å². The predicted octanol–water partition coefficient (Wildman–Crippen LogP) is 4.53. The van der Waals surface area contributed by atoms with E-state index < -0.39 is 10.0 Å². The van der Waals surface area contributed by atoms with Crippen molar-refractivity contribution in [2.45, 2.75) is 30.4 Å². The van der Waals surface area contributed by atoms with Gasteiger partial charge >= 0.3 is 0 Å². The van der Waals surface area contributed by atoms with Gasteiger partial charge in [-0.25, -0.2) is 18.2 Å². The van der Waals surface area contributed by atoms with Crippen molar-refractivity contribution in [3.8, 4) is 0 Å². The quantitative estimate of drug-likeness (QED) is 0.323. The second-order valence-electron chi connectivity index (χ2n) is 11.1. The number of hydrogen-bond donors (Lipinski definition) is 1. The Bertz CT molecular complexity index is 1640. The van der Waals surface area contributed by atoms with E-state index in [-0.39, 0.29) is 17.5 Å². The number of hydrogen-bond acceptors (Lipinski definition) is 6. The van der Waals surface area contributed by atoms with E-state index in [1.54, 1.807) is 35.0 Å². The van der Waals surface area contributed by atoms with Crippen molar-refractivity contribution >= 4 is 27.1 Å². The van der Waals surface area contributed by atoms with Crippen LogP contribution in [-0.2, 0) is 29.5 Å². The smallest absolute Gasteiger partial charge is 0.243 e. The number of piperazine rings is 1. The van der Waals surface area contributed by atoms with Crippen LogP contribution >= 0.6 is 0 Å². The van der Waals surface area contributed by atoms with Gasteiger partial charge in [0.25, 0.3) is 0 Å². The van der Waals surface area contributed by atoms with Crippen molar-refractivity contribution in [1.29, 1.82) is 0 Å². The SMILES string of the molecule is [C-]#[N+]c1ccc2c(c1)CN(S(=O)(=O)c1ccc(N3CCN(C)CC3)cc1)[C@H](Cc1ccccc1)CN2Cc1cnc[nH]1. The second kappa shape index (κ2) is 12.0. The van der Waals surface area contributed by atoms with Crippen LogP contribution in [0.2, 0.25) is 0 Å². The van der Waals surface area contributed by atoms with Gasteiger partial charge in [0.05, 0.1) is 30.0 Å². The minimum Gasteiger partial charge on any atom is -0.369 e. The molecule has 3 heterocycles. The molecule has 0 amide bonds. The second-order valence-corrected chi connectivity index (χ2v) is 13.0. The molecule has 2 aliphatic rings. The highest BCUT2D eigenvalue weighted by Crippen LogP contribution is 2.35. The Morgan fingerprint density at radius 3 is 2.45 bits per heavy atom. The first kappa shape index (κ1) is 28.0. The Morgan fingerprint density at radius 2 is 1.76 bits per heavy atom.